The van der Waals surface area contributed by atoms with Crippen LogP contribution in [0, 0.1) is 11.8 Å². The number of hydrogen-bond acceptors (Lipinski definition) is 1. The summed E-state index contributed by atoms with van der Waals surface area (Å²) in [7, 11) is 0. The molecule has 3 atom stereocenters. The van der Waals surface area contributed by atoms with Crippen LogP contribution >= 0.6 is 0 Å². The normalized spacial score (nSPS) is 29.9. The number of rotatable bonds is 3. The van der Waals surface area contributed by atoms with Crippen molar-refractivity contribution in [2.75, 3.05) is 0 Å². The third-order valence-electron chi connectivity index (χ3n) is 4.29. The number of amides is 1. The topological polar surface area (TPSA) is 29.1 Å². The van der Waals surface area contributed by atoms with Gasteiger partial charge in [-0.15, -0.1) is 0 Å². The molecule has 2 heteroatoms. The van der Waals surface area contributed by atoms with Crippen LogP contribution in [0.4, 0.5) is 0 Å². The predicted octanol–water partition coefficient (Wildman–Crippen LogP) is 3.00. The summed E-state index contributed by atoms with van der Waals surface area (Å²) < 4.78 is 0. The highest BCUT2D eigenvalue weighted by atomic mass is 16.1. The van der Waals surface area contributed by atoms with Crippen molar-refractivity contribution in [1.29, 1.82) is 0 Å². The Morgan fingerprint density at radius 3 is 2.67 bits per heavy atom. The van der Waals surface area contributed by atoms with Crippen LogP contribution in [0.25, 0.3) is 6.08 Å². The summed E-state index contributed by atoms with van der Waals surface area (Å²) in [5.74, 6) is 1.67. The number of benzene rings is 1. The van der Waals surface area contributed by atoms with Crippen molar-refractivity contribution in [3.63, 3.8) is 0 Å². The number of fused-ring (bicyclic) bond motifs is 2. The van der Waals surface area contributed by atoms with Crippen LogP contribution in [0.15, 0.2) is 36.4 Å². The smallest absolute Gasteiger partial charge is 0.244 e. The maximum atomic E-state index is 11.9. The van der Waals surface area contributed by atoms with Gasteiger partial charge in [-0.25, -0.2) is 0 Å². The van der Waals surface area contributed by atoms with Gasteiger partial charge in [-0.2, -0.15) is 0 Å². The van der Waals surface area contributed by atoms with E-state index in [1.807, 2.05) is 36.4 Å². The largest absolute Gasteiger partial charge is 0.350 e. The molecule has 0 unspecified atom stereocenters. The van der Waals surface area contributed by atoms with Gasteiger partial charge in [-0.3, -0.25) is 4.79 Å². The van der Waals surface area contributed by atoms with Gasteiger partial charge >= 0.3 is 0 Å². The van der Waals surface area contributed by atoms with Crippen LogP contribution in [0.2, 0.25) is 0 Å². The van der Waals surface area contributed by atoms with Crippen LogP contribution in [-0.4, -0.2) is 11.9 Å². The second-order valence-electron chi connectivity index (χ2n) is 5.53. The molecule has 1 N–H and O–H groups in total. The van der Waals surface area contributed by atoms with Crippen molar-refractivity contribution in [3.8, 4) is 0 Å². The van der Waals surface area contributed by atoms with Gasteiger partial charge in [-0.05, 0) is 42.7 Å². The van der Waals surface area contributed by atoms with Gasteiger partial charge in [0.25, 0.3) is 0 Å². The van der Waals surface area contributed by atoms with Gasteiger partial charge in [0.15, 0.2) is 0 Å². The fourth-order valence-electron chi connectivity index (χ4n) is 3.39. The summed E-state index contributed by atoms with van der Waals surface area (Å²) in [5.41, 5.74) is 1.07. The van der Waals surface area contributed by atoms with E-state index in [0.29, 0.717) is 6.04 Å². The lowest BCUT2D eigenvalue weighted by Crippen LogP contribution is -2.37. The van der Waals surface area contributed by atoms with Gasteiger partial charge in [-0.1, -0.05) is 36.8 Å². The average Bonchev–Trinajstić information content (AvgIpc) is 3.00. The second kappa shape index (κ2) is 4.97. The number of nitrogens with one attached hydrogen (secondary N) is 1. The van der Waals surface area contributed by atoms with E-state index in [4.69, 9.17) is 0 Å². The summed E-state index contributed by atoms with van der Waals surface area (Å²) in [4.78, 5) is 11.9. The molecule has 18 heavy (non-hydrogen) atoms. The molecule has 1 aromatic rings. The Hall–Kier alpha value is -1.57. The van der Waals surface area contributed by atoms with Crippen LogP contribution in [0.1, 0.15) is 31.2 Å². The maximum Gasteiger partial charge on any atom is 0.244 e. The van der Waals surface area contributed by atoms with E-state index in [-0.39, 0.29) is 5.91 Å². The summed E-state index contributed by atoms with van der Waals surface area (Å²) >= 11 is 0. The zero-order chi connectivity index (χ0) is 12.4. The molecule has 1 aromatic carbocycles. The predicted molar refractivity (Wildman–Crippen MR) is 72.9 cm³/mol. The Morgan fingerprint density at radius 1 is 1.17 bits per heavy atom. The molecular weight excluding hydrogens is 222 g/mol. The van der Waals surface area contributed by atoms with Gasteiger partial charge in [0.2, 0.25) is 5.91 Å². The van der Waals surface area contributed by atoms with E-state index in [0.717, 1.165) is 17.4 Å². The summed E-state index contributed by atoms with van der Waals surface area (Å²) in [6, 6.07) is 10.4. The molecule has 3 rings (SSSR count). The SMILES string of the molecule is O=C(/C=C/c1ccccc1)N[C@@H]1C[C@@H]2CC[C@@H]1C2. The molecule has 0 aliphatic heterocycles. The van der Waals surface area contributed by atoms with Gasteiger partial charge in [0.1, 0.15) is 0 Å². The molecule has 2 aliphatic rings. The van der Waals surface area contributed by atoms with E-state index < -0.39 is 0 Å². The molecule has 1 amide bonds. The lowest BCUT2D eigenvalue weighted by atomic mass is 9.95. The molecule has 94 valence electrons. The molecule has 0 aromatic heterocycles. The highest BCUT2D eigenvalue weighted by Crippen LogP contribution is 2.44. The van der Waals surface area contributed by atoms with Crippen LogP contribution in [0.3, 0.4) is 0 Å². The molecule has 0 spiro atoms. The van der Waals surface area contributed by atoms with Crippen LogP contribution < -0.4 is 5.32 Å². The van der Waals surface area contributed by atoms with Gasteiger partial charge in [0.05, 0.1) is 0 Å². The first-order chi connectivity index (χ1) is 8.81. The molecule has 2 bridgehead atoms. The van der Waals surface area contributed by atoms with Crippen molar-refractivity contribution in [2.45, 2.75) is 31.7 Å². The van der Waals surface area contributed by atoms with Crippen molar-refractivity contribution >= 4 is 12.0 Å². The fraction of sp³-hybridized carbons (Fsp3) is 0.438. The average molecular weight is 241 g/mol. The molecule has 0 radical (unpaired) electrons. The Kier molecular flexibility index (Phi) is 3.18. The first-order valence-electron chi connectivity index (χ1n) is 6.85. The first-order valence-corrected chi connectivity index (χ1v) is 6.85. The van der Waals surface area contributed by atoms with E-state index in [1.54, 1.807) is 6.08 Å². The van der Waals surface area contributed by atoms with E-state index in [2.05, 4.69) is 5.32 Å². The Labute approximate surface area is 108 Å². The highest BCUT2D eigenvalue weighted by molar-refractivity contribution is 5.91. The van der Waals surface area contributed by atoms with E-state index >= 15 is 0 Å². The van der Waals surface area contributed by atoms with Crippen LogP contribution in [0.5, 0.6) is 0 Å². The minimum absolute atomic E-state index is 0.0522. The van der Waals surface area contributed by atoms with Crippen molar-refractivity contribution < 1.29 is 4.79 Å². The summed E-state index contributed by atoms with van der Waals surface area (Å²) in [5, 5.41) is 3.15. The third-order valence-corrected chi connectivity index (χ3v) is 4.29. The monoisotopic (exact) mass is 241 g/mol. The summed E-state index contributed by atoms with van der Waals surface area (Å²) in [6.07, 6.45) is 8.72. The van der Waals surface area contributed by atoms with E-state index in [1.165, 1.54) is 25.7 Å². The maximum absolute atomic E-state index is 11.9. The second-order valence-corrected chi connectivity index (χ2v) is 5.53. The molecule has 2 aliphatic carbocycles. The fourth-order valence-corrected chi connectivity index (χ4v) is 3.39. The lowest BCUT2D eigenvalue weighted by Gasteiger charge is -2.22. The molecule has 2 nitrogen and oxygen atoms in total. The number of carbonyl (C=O) groups excluding carboxylic acids is 1. The number of carbonyl (C=O) groups is 1. The highest BCUT2D eigenvalue weighted by Gasteiger charge is 2.39. The third kappa shape index (κ3) is 2.47. The minimum Gasteiger partial charge on any atom is -0.350 e. The van der Waals surface area contributed by atoms with Crippen molar-refractivity contribution in [2.24, 2.45) is 11.8 Å². The van der Waals surface area contributed by atoms with Crippen molar-refractivity contribution in [1.82, 2.24) is 5.32 Å². The van der Waals surface area contributed by atoms with Crippen molar-refractivity contribution in [3.05, 3.63) is 42.0 Å². The van der Waals surface area contributed by atoms with Gasteiger partial charge in [0, 0.05) is 12.1 Å². The van der Waals surface area contributed by atoms with Crippen LogP contribution in [-0.2, 0) is 4.79 Å². The molecule has 2 fully saturated rings. The standard InChI is InChI=1S/C16H19NO/c18-16(9-7-12-4-2-1-3-5-12)17-15-11-13-6-8-14(15)10-13/h1-5,7,9,13-15H,6,8,10-11H2,(H,17,18)/b9-7+/t13-,14-,15-/m1/s1. The lowest BCUT2D eigenvalue weighted by molar-refractivity contribution is -0.117. The summed E-state index contributed by atoms with van der Waals surface area (Å²) in [6.45, 7) is 0. The Morgan fingerprint density at radius 2 is 2.00 bits per heavy atom. The minimum atomic E-state index is 0.0522. The molecule has 0 heterocycles. The molecular formula is C16H19NO. The zero-order valence-electron chi connectivity index (χ0n) is 10.5. The van der Waals surface area contributed by atoms with E-state index in [9.17, 15) is 4.79 Å². The molecule has 0 saturated heterocycles. The quantitative estimate of drug-likeness (QED) is 0.810. The first kappa shape index (κ1) is 11.5. The Balaban J connectivity index is 1.55. The van der Waals surface area contributed by atoms with Gasteiger partial charge < -0.3 is 5.32 Å². The molecule has 2 saturated carbocycles. The number of hydrogen-bond donors (Lipinski definition) is 1. The zero-order valence-corrected chi connectivity index (χ0v) is 10.5. The Bertz CT molecular complexity index is 451.